The Hall–Kier alpha value is -0.120. The standard InChI is InChI=1S/C12H24N2O/c1-4-15-11-9-10(13-14(2)3)12(11)7-5-6-8-12/h10-11,13H,4-9H2,1-3H3. The molecule has 2 unspecified atom stereocenters. The summed E-state index contributed by atoms with van der Waals surface area (Å²) in [4.78, 5) is 0. The Kier molecular flexibility index (Phi) is 3.33. The smallest absolute Gasteiger partial charge is 0.0662 e. The van der Waals surface area contributed by atoms with Gasteiger partial charge in [-0.1, -0.05) is 12.8 Å². The fourth-order valence-electron chi connectivity index (χ4n) is 3.38. The zero-order chi connectivity index (χ0) is 10.9. The van der Waals surface area contributed by atoms with Crippen molar-refractivity contribution in [2.45, 2.75) is 51.2 Å². The predicted octanol–water partition coefficient (Wildman–Crippen LogP) is 1.79. The molecule has 2 fully saturated rings. The lowest BCUT2D eigenvalue weighted by Crippen LogP contribution is -2.64. The molecule has 0 saturated heterocycles. The fraction of sp³-hybridized carbons (Fsp3) is 1.00. The molecule has 2 atom stereocenters. The van der Waals surface area contributed by atoms with Gasteiger partial charge in [-0.3, -0.25) is 10.4 Å². The van der Waals surface area contributed by atoms with Gasteiger partial charge in [0.2, 0.25) is 0 Å². The molecular formula is C12H24N2O. The summed E-state index contributed by atoms with van der Waals surface area (Å²) in [5, 5.41) is 2.09. The molecule has 0 aromatic rings. The van der Waals surface area contributed by atoms with Gasteiger partial charge >= 0.3 is 0 Å². The second-order valence-corrected chi connectivity index (χ2v) is 5.20. The van der Waals surface area contributed by atoms with E-state index < -0.39 is 0 Å². The average Bonchev–Trinajstić information content (AvgIpc) is 2.67. The van der Waals surface area contributed by atoms with Crippen molar-refractivity contribution in [2.24, 2.45) is 5.41 Å². The molecule has 15 heavy (non-hydrogen) atoms. The molecule has 1 N–H and O–H groups in total. The third kappa shape index (κ3) is 1.93. The summed E-state index contributed by atoms with van der Waals surface area (Å²) in [6.45, 7) is 2.97. The van der Waals surface area contributed by atoms with E-state index in [0.717, 1.165) is 6.61 Å². The Labute approximate surface area is 93.1 Å². The van der Waals surface area contributed by atoms with Crippen LogP contribution in [0.3, 0.4) is 0 Å². The Morgan fingerprint density at radius 1 is 1.33 bits per heavy atom. The van der Waals surface area contributed by atoms with Gasteiger partial charge in [-0.25, -0.2) is 0 Å². The highest BCUT2D eigenvalue weighted by atomic mass is 16.5. The highest BCUT2D eigenvalue weighted by Gasteiger charge is 2.56. The first-order valence-corrected chi connectivity index (χ1v) is 6.24. The highest BCUT2D eigenvalue weighted by Crippen LogP contribution is 2.54. The van der Waals surface area contributed by atoms with Gasteiger partial charge in [-0.15, -0.1) is 0 Å². The lowest BCUT2D eigenvalue weighted by atomic mass is 9.61. The molecule has 0 heterocycles. The molecule has 2 aliphatic rings. The van der Waals surface area contributed by atoms with E-state index in [1.165, 1.54) is 32.1 Å². The van der Waals surface area contributed by atoms with Crippen LogP contribution in [0.15, 0.2) is 0 Å². The lowest BCUT2D eigenvalue weighted by molar-refractivity contribution is -0.142. The normalized spacial score (nSPS) is 33.6. The summed E-state index contributed by atoms with van der Waals surface area (Å²) in [5.74, 6) is 0. The molecule has 2 aliphatic carbocycles. The average molecular weight is 212 g/mol. The van der Waals surface area contributed by atoms with Crippen LogP contribution in [0, 0.1) is 5.41 Å². The third-order valence-corrected chi connectivity index (χ3v) is 4.10. The lowest BCUT2D eigenvalue weighted by Gasteiger charge is -2.54. The maximum Gasteiger partial charge on any atom is 0.0662 e. The number of nitrogens with zero attached hydrogens (tertiary/aromatic N) is 1. The molecule has 0 bridgehead atoms. The number of rotatable bonds is 4. The molecular weight excluding hydrogens is 188 g/mol. The minimum Gasteiger partial charge on any atom is -0.378 e. The summed E-state index contributed by atoms with van der Waals surface area (Å²) in [7, 11) is 4.16. The van der Waals surface area contributed by atoms with Gasteiger partial charge in [-0.05, 0) is 26.2 Å². The Bertz CT molecular complexity index is 212. The van der Waals surface area contributed by atoms with Gasteiger partial charge in [0.05, 0.1) is 6.10 Å². The summed E-state index contributed by atoms with van der Waals surface area (Å²) >= 11 is 0. The SMILES string of the molecule is CCOC1CC(NN(C)C)C12CCCC2. The molecule has 2 rings (SSSR count). The Morgan fingerprint density at radius 3 is 2.53 bits per heavy atom. The van der Waals surface area contributed by atoms with E-state index in [0.29, 0.717) is 17.6 Å². The van der Waals surface area contributed by atoms with Gasteiger partial charge in [0, 0.05) is 32.2 Å². The number of hydrogen-bond donors (Lipinski definition) is 1. The number of nitrogens with one attached hydrogen (secondary N) is 1. The monoisotopic (exact) mass is 212 g/mol. The third-order valence-electron chi connectivity index (χ3n) is 4.10. The minimum absolute atomic E-state index is 0.459. The largest absolute Gasteiger partial charge is 0.378 e. The molecule has 1 spiro atoms. The first kappa shape index (κ1) is 11.4. The van der Waals surface area contributed by atoms with Gasteiger partial charge in [0.25, 0.3) is 0 Å². The highest BCUT2D eigenvalue weighted by molar-refractivity contribution is 5.09. The van der Waals surface area contributed by atoms with Crippen molar-refractivity contribution < 1.29 is 4.74 Å². The zero-order valence-electron chi connectivity index (χ0n) is 10.3. The number of hydrogen-bond acceptors (Lipinski definition) is 3. The van der Waals surface area contributed by atoms with E-state index >= 15 is 0 Å². The summed E-state index contributed by atoms with van der Waals surface area (Å²) in [6, 6.07) is 0.645. The fourth-order valence-corrected chi connectivity index (χ4v) is 3.38. The Morgan fingerprint density at radius 2 is 2.00 bits per heavy atom. The quantitative estimate of drug-likeness (QED) is 0.719. The van der Waals surface area contributed by atoms with Gasteiger partial charge in [-0.2, -0.15) is 0 Å². The van der Waals surface area contributed by atoms with E-state index in [1.54, 1.807) is 0 Å². The van der Waals surface area contributed by atoms with E-state index in [2.05, 4.69) is 31.5 Å². The van der Waals surface area contributed by atoms with Crippen LogP contribution in [0.25, 0.3) is 0 Å². The van der Waals surface area contributed by atoms with Crippen molar-refractivity contribution in [1.82, 2.24) is 10.4 Å². The topological polar surface area (TPSA) is 24.5 Å². The molecule has 0 aromatic heterocycles. The van der Waals surface area contributed by atoms with Crippen molar-refractivity contribution in [2.75, 3.05) is 20.7 Å². The van der Waals surface area contributed by atoms with E-state index in [1.807, 2.05) is 0 Å². The summed E-state index contributed by atoms with van der Waals surface area (Å²) in [6.07, 6.45) is 7.17. The van der Waals surface area contributed by atoms with E-state index in [-0.39, 0.29) is 0 Å². The van der Waals surface area contributed by atoms with E-state index in [4.69, 9.17) is 4.74 Å². The molecule has 2 saturated carbocycles. The van der Waals surface area contributed by atoms with Crippen molar-refractivity contribution in [3.8, 4) is 0 Å². The van der Waals surface area contributed by atoms with Gasteiger partial charge in [0.1, 0.15) is 0 Å². The Balaban J connectivity index is 1.98. The second-order valence-electron chi connectivity index (χ2n) is 5.20. The van der Waals surface area contributed by atoms with Crippen molar-refractivity contribution in [3.05, 3.63) is 0 Å². The predicted molar refractivity (Wildman–Crippen MR) is 61.5 cm³/mol. The van der Waals surface area contributed by atoms with Crippen LogP contribution in [0.4, 0.5) is 0 Å². The molecule has 0 radical (unpaired) electrons. The van der Waals surface area contributed by atoms with Crippen LogP contribution in [-0.4, -0.2) is 37.9 Å². The van der Waals surface area contributed by atoms with Crippen LogP contribution in [-0.2, 0) is 4.74 Å². The minimum atomic E-state index is 0.459. The van der Waals surface area contributed by atoms with Crippen LogP contribution in [0.5, 0.6) is 0 Å². The maximum atomic E-state index is 5.87. The van der Waals surface area contributed by atoms with Gasteiger partial charge in [0.15, 0.2) is 0 Å². The van der Waals surface area contributed by atoms with Crippen LogP contribution in [0.1, 0.15) is 39.0 Å². The molecule has 0 aliphatic heterocycles. The number of ether oxygens (including phenoxy) is 1. The molecule has 3 heteroatoms. The molecule has 3 nitrogen and oxygen atoms in total. The van der Waals surface area contributed by atoms with Crippen molar-refractivity contribution >= 4 is 0 Å². The second kappa shape index (κ2) is 4.40. The summed E-state index contributed by atoms with van der Waals surface area (Å²) in [5.41, 5.74) is 4.01. The maximum absolute atomic E-state index is 5.87. The van der Waals surface area contributed by atoms with Crippen LogP contribution in [0.2, 0.25) is 0 Å². The van der Waals surface area contributed by atoms with Crippen LogP contribution < -0.4 is 5.43 Å². The summed E-state index contributed by atoms with van der Waals surface area (Å²) < 4.78 is 5.87. The van der Waals surface area contributed by atoms with Crippen molar-refractivity contribution in [1.29, 1.82) is 0 Å². The van der Waals surface area contributed by atoms with Gasteiger partial charge < -0.3 is 4.74 Å². The first-order valence-electron chi connectivity index (χ1n) is 6.24. The first-order chi connectivity index (χ1) is 7.19. The zero-order valence-corrected chi connectivity index (χ0v) is 10.3. The van der Waals surface area contributed by atoms with Crippen molar-refractivity contribution in [3.63, 3.8) is 0 Å². The molecule has 0 aromatic carbocycles. The number of hydrazine groups is 1. The van der Waals surface area contributed by atoms with E-state index in [9.17, 15) is 0 Å². The molecule has 88 valence electrons. The molecule has 0 amide bonds. The van der Waals surface area contributed by atoms with Crippen LogP contribution >= 0.6 is 0 Å².